The molecule has 1 saturated heterocycles. The molecule has 1 heterocycles. The van der Waals surface area contributed by atoms with E-state index in [1.165, 1.54) is 0 Å². The lowest BCUT2D eigenvalue weighted by atomic mass is 10.1. The summed E-state index contributed by atoms with van der Waals surface area (Å²) in [5, 5.41) is 9.24. The molecule has 1 aromatic rings. The number of halogens is 1. The van der Waals surface area contributed by atoms with Gasteiger partial charge in [0.2, 0.25) is 0 Å². The number of hydrogen-bond acceptors (Lipinski definition) is 3. The number of carboxylic acid groups (broad SMARTS) is 1. The maximum absolute atomic E-state index is 12.1. The molecule has 0 aromatic heterocycles. The standard InChI is InChI=1S/C15H18ClNO4/c1-10-2-3-12(16)13(6-10)21-9-14(18)17-5-4-11(8-17)7-15(19)20/h2-3,6,11H,4-5,7-9H2,1H3,(H,19,20). The molecule has 1 aliphatic rings. The Kier molecular flexibility index (Phi) is 5.07. The minimum absolute atomic E-state index is 0.0361. The maximum Gasteiger partial charge on any atom is 0.303 e. The van der Waals surface area contributed by atoms with Crippen LogP contribution < -0.4 is 4.74 Å². The molecule has 1 N–H and O–H groups in total. The van der Waals surface area contributed by atoms with E-state index in [4.69, 9.17) is 21.4 Å². The van der Waals surface area contributed by atoms with Gasteiger partial charge in [0.15, 0.2) is 6.61 Å². The van der Waals surface area contributed by atoms with Crippen LogP contribution in [0.1, 0.15) is 18.4 Å². The maximum atomic E-state index is 12.1. The van der Waals surface area contributed by atoms with Gasteiger partial charge < -0.3 is 14.7 Å². The van der Waals surface area contributed by atoms with Crippen LogP contribution >= 0.6 is 11.6 Å². The molecular formula is C15H18ClNO4. The second kappa shape index (κ2) is 6.80. The zero-order valence-corrected chi connectivity index (χ0v) is 12.6. The minimum Gasteiger partial charge on any atom is -0.482 e. The summed E-state index contributed by atoms with van der Waals surface area (Å²) in [5.41, 5.74) is 1.00. The average Bonchev–Trinajstić information content (AvgIpc) is 2.87. The van der Waals surface area contributed by atoms with E-state index in [9.17, 15) is 9.59 Å². The largest absolute Gasteiger partial charge is 0.482 e. The zero-order chi connectivity index (χ0) is 15.4. The van der Waals surface area contributed by atoms with Crippen molar-refractivity contribution < 1.29 is 19.4 Å². The van der Waals surface area contributed by atoms with Crippen molar-refractivity contribution in [1.82, 2.24) is 4.90 Å². The third-order valence-corrected chi connectivity index (χ3v) is 3.85. The van der Waals surface area contributed by atoms with Crippen molar-refractivity contribution in [2.45, 2.75) is 19.8 Å². The van der Waals surface area contributed by atoms with Crippen LogP contribution in [0.2, 0.25) is 5.02 Å². The number of amides is 1. The van der Waals surface area contributed by atoms with Crippen LogP contribution in [0.5, 0.6) is 5.75 Å². The van der Waals surface area contributed by atoms with Gasteiger partial charge in [-0.05, 0) is 37.0 Å². The minimum atomic E-state index is -0.822. The number of aryl methyl sites for hydroxylation is 1. The average molecular weight is 312 g/mol. The zero-order valence-electron chi connectivity index (χ0n) is 11.8. The van der Waals surface area contributed by atoms with Crippen molar-refractivity contribution in [3.05, 3.63) is 28.8 Å². The summed E-state index contributed by atoms with van der Waals surface area (Å²) in [4.78, 5) is 24.4. The molecule has 1 fully saturated rings. The van der Waals surface area contributed by atoms with Crippen molar-refractivity contribution >= 4 is 23.5 Å². The SMILES string of the molecule is Cc1ccc(Cl)c(OCC(=O)N2CCC(CC(=O)O)C2)c1. The smallest absolute Gasteiger partial charge is 0.303 e. The van der Waals surface area contributed by atoms with E-state index in [0.29, 0.717) is 23.9 Å². The van der Waals surface area contributed by atoms with E-state index in [-0.39, 0.29) is 24.9 Å². The quantitative estimate of drug-likeness (QED) is 0.906. The predicted molar refractivity (Wildman–Crippen MR) is 78.6 cm³/mol. The van der Waals surface area contributed by atoms with Gasteiger partial charge in [-0.15, -0.1) is 0 Å². The van der Waals surface area contributed by atoms with Gasteiger partial charge in [-0.3, -0.25) is 9.59 Å². The lowest BCUT2D eigenvalue weighted by Gasteiger charge is -2.17. The number of ether oxygens (including phenoxy) is 1. The first kappa shape index (κ1) is 15.6. The Bertz CT molecular complexity index is 546. The molecular weight excluding hydrogens is 294 g/mol. The van der Waals surface area contributed by atoms with Crippen LogP contribution in [-0.4, -0.2) is 41.6 Å². The Hall–Kier alpha value is -1.75. The van der Waals surface area contributed by atoms with E-state index in [0.717, 1.165) is 12.0 Å². The number of nitrogens with zero attached hydrogens (tertiary/aromatic N) is 1. The lowest BCUT2D eigenvalue weighted by molar-refractivity contribution is -0.138. The first-order valence-electron chi connectivity index (χ1n) is 6.84. The highest BCUT2D eigenvalue weighted by Gasteiger charge is 2.27. The molecule has 0 saturated carbocycles. The van der Waals surface area contributed by atoms with Crippen LogP contribution in [-0.2, 0) is 9.59 Å². The molecule has 5 nitrogen and oxygen atoms in total. The van der Waals surface area contributed by atoms with Gasteiger partial charge in [-0.2, -0.15) is 0 Å². The Balaban J connectivity index is 1.85. The number of hydrogen-bond donors (Lipinski definition) is 1. The second-order valence-corrected chi connectivity index (χ2v) is 5.72. The summed E-state index contributed by atoms with van der Waals surface area (Å²) in [5.74, 6) is -0.433. The van der Waals surface area contributed by atoms with E-state index in [2.05, 4.69) is 0 Å². The Labute approximate surface area is 128 Å². The van der Waals surface area contributed by atoms with E-state index in [1.807, 2.05) is 13.0 Å². The molecule has 21 heavy (non-hydrogen) atoms. The molecule has 0 spiro atoms. The summed E-state index contributed by atoms with van der Waals surface area (Å²) < 4.78 is 5.47. The fourth-order valence-corrected chi connectivity index (χ4v) is 2.60. The van der Waals surface area contributed by atoms with Gasteiger partial charge in [0.25, 0.3) is 5.91 Å². The highest BCUT2D eigenvalue weighted by atomic mass is 35.5. The number of likely N-dealkylation sites (tertiary alicyclic amines) is 1. The molecule has 1 aliphatic heterocycles. The van der Waals surface area contributed by atoms with E-state index >= 15 is 0 Å². The molecule has 1 aromatic carbocycles. The van der Waals surface area contributed by atoms with Gasteiger partial charge >= 0.3 is 5.97 Å². The number of carbonyl (C=O) groups is 2. The lowest BCUT2D eigenvalue weighted by Crippen LogP contribution is -2.33. The van der Waals surface area contributed by atoms with Crippen LogP contribution in [0.15, 0.2) is 18.2 Å². The van der Waals surface area contributed by atoms with Crippen molar-refractivity contribution in [3.8, 4) is 5.75 Å². The summed E-state index contributed by atoms with van der Waals surface area (Å²) in [6.45, 7) is 2.91. The van der Waals surface area contributed by atoms with Gasteiger partial charge in [0, 0.05) is 19.5 Å². The van der Waals surface area contributed by atoms with Crippen molar-refractivity contribution in [2.75, 3.05) is 19.7 Å². The van der Waals surface area contributed by atoms with Crippen molar-refractivity contribution in [3.63, 3.8) is 0 Å². The first-order valence-corrected chi connectivity index (χ1v) is 7.22. The third-order valence-electron chi connectivity index (χ3n) is 3.54. The van der Waals surface area contributed by atoms with Gasteiger partial charge in [0.05, 0.1) is 5.02 Å². The second-order valence-electron chi connectivity index (χ2n) is 5.31. The molecule has 1 atom stereocenters. The normalized spacial score (nSPS) is 17.8. The number of carboxylic acids is 1. The summed E-state index contributed by atoms with van der Waals surface area (Å²) >= 11 is 6.00. The Morgan fingerprint density at radius 1 is 1.48 bits per heavy atom. The van der Waals surface area contributed by atoms with E-state index < -0.39 is 5.97 Å². The monoisotopic (exact) mass is 311 g/mol. The third kappa shape index (κ3) is 4.36. The molecule has 0 radical (unpaired) electrons. The Morgan fingerprint density at radius 3 is 2.95 bits per heavy atom. The van der Waals surface area contributed by atoms with Crippen molar-refractivity contribution in [2.24, 2.45) is 5.92 Å². The van der Waals surface area contributed by atoms with Crippen molar-refractivity contribution in [1.29, 1.82) is 0 Å². The van der Waals surface area contributed by atoms with Crippen LogP contribution in [0.4, 0.5) is 0 Å². The highest BCUT2D eigenvalue weighted by molar-refractivity contribution is 6.32. The molecule has 0 aliphatic carbocycles. The number of benzene rings is 1. The van der Waals surface area contributed by atoms with Crippen LogP contribution in [0, 0.1) is 12.8 Å². The molecule has 114 valence electrons. The molecule has 1 unspecified atom stereocenters. The Morgan fingerprint density at radius 2 is 2.24 bits per heavy atom. The van der Waals surface area contributed by atoms with Gasteiger partial charge in [0.1, 0.15) is 5.75 Å². The summed E-state index contributed by atoms with van der Waals surface area (Å²) in [7, 11) is 0. The topological polar surface area (TPSA) is 66.8 Å². The summed E-state index contributed by atoms with van der Waals surface area (Å²) in [6.07, 6.45) is 0.831. The molecule has 2 rings (SSSR count). The number of rotatable bonds is 5. The molecule has 6 heteroatoms. The highest BCUT2D eigenvalue weighted by Crippen LogP contribution is 2.25. The fourth-order valence-electron chi connectivity index (χ4n) is 2.42. The molecule has 0 bridgehead atoms. The van der Waals surface area contributed by atoms with E-state index in [1.54, 1.807) is 17.0 Å². The van der Waals surface area contributed by atoms with Crippen LogP contribution in [0.3, 0.4) is 0 Å². The number of aliphatic carboxylic acids is 1. The van der Waals surface area contributed by atoms with Gasteiger partial charge in [-0.25, -0.2) is 0 Å². The first-order chi connectivity index (χ1) is 9.95. The molecule has 1 amide bonds. The van der Waals surface area contributed by atoms with Crippen LogP contribution in [0.25, 0.3) is 0 Å². The predicted octanol–water partition coefficient (Wildman–Crippen LogP) is 2.35. The fraction of sp³-hybridized carbons (Fsp3) is 0.467. The summed E-state index contributed by atoms with van der Waals surface area (Å²) in [6, 6.07) is 5.39. The van der Waals surface area contributed by atoms with Gasteiger partial charge in [-0.1, -0.05) is 17.7 Å². The number of carbonyl (C=O) groups excluding carboxylic acids is 1.